The van der Waals surface area contributed by atoms with E-state index in [-0.39, 0.29) is 23.9 Å². The number of guanidine groups is 1. The number of nitrogens with zero attached hydrogens (tertiary/aromatic N) is 5. The zero-order valence-corrected chi connectivity index (χ0v) is 24.9. The molecule has 0 atom stereocenters. The first-order valence-electron chi connectivity index (χ1n) is 14.8. The van der Waals surface area contributed by atoms with Crippen molar-refractivity contribution in [3.63, 3.8) is 0 Å². The highest BCUT2D eigenvalue weighted by atomic mass is 16.2. The Morgan fingerprint density at radius 1 is 1.02 bits per heavy atom. The number of hydrogen-bond donors (Lipinski definition) is 3. The molecule has 3 amide bonds. The average molecular weight is 581 g/mol. The fourth-order valence-corrected chi connectivity index (χ4v) is 5.46. The number of piperidine rings is 1. The summed E-state index contributed by atoms with van der Waals surface area (Å²) in [4.78, 5) is 40.7. The second kappa shape index (κ2) is 14.0. The normalized spacial score (nSPS) is 16.4. The number of anilines is 1. The summed E-state index contributed by atoms with van der Waals surface area (Å²) in [5.41, 5.74) is 10.7. The summed E-state index contributed by atoms with van der Waals surface area (Å²) >= 11 is 0. The van der Waals surface area contributed by atoms with Crippen LogP contribution < -0.4 is 16.4 Å². The summed E-state index contributed by atoms with van der Waals surface area (Å²) < 4.78 is 0. The van der Waals surface area contributed by atoms with Crippen LogP contribution in [0.2, 0.25) is 0 Å². The van der Waals surface area contributed by atoms with Crippen LogP contribution in [0.5, 0.6) is 0 Å². The number of pyridine rings is 1. The van der Waals surface area contributed by atoms with Crippen molar-refractivity contribution in [2.24, 2.45) is 10.7 Å². The van der Waals surface area contributed by atoms with Crippen LogP contribution in [0.1, 0.15) is 40.7 Å². The molecule has 224 valence electrons. The van der Waals surface area contributed by atoms with E-state index in [0.717, 1.165) is 48.3 Å². The molecule has 5 rings (SSSR count). The predicted molar refractivity (Wildman–Crippen MR) is 171 cm³/mol. The lowest BCUT2D eigenvalue weighted by Gasteiger charge is -2.35. The lowest BCUT2D eigenvalue weighted by atomic mass is 10.0. The molecule has 0 unspecified atom stereocenters. The van der Waals surface area contributed by atoms with Gasteiger partial charge in [0.25, 0.3) is 5.91 Å². The predicted octanol–water partition coefficient (Wildman–Crippen LogP) is 4.31. The number of nitrogens with two attached hydrogens (primary N) is 1. The van der Waals surface area contributed by atoms with Gasteiger partial charge in [-0.15, -0.1) is 0 Å². The van der Waals surface area contributed by atoms with Crippen molar-refractivity contribution in [1.82, 2.24) is 25.0 Å². The molecule has 0 radical (unpaired) electrons. The molecule has 10 nitrogen and oxygen atoms in total. The van der Waals surface area contributed by atoms with Gasteiger partial charge in [0.1, 0.15) is 0 Å². The maximum atomic E-state index is 13.0. The number of hydrogen-bond acceptors (Lipinski definition) is 5. The van der Waals surface area contributed by atoms with Gasteiger partial charge in [-0.25, -0.2) is 9.78 Å². The molecule has 2 aromatic carbocycles. The fraction of sp³-hybridized carbons (Fsp3) is 0.333. The Balaban J connectivity index is 1.18. The summed E-state index contributed by atoms with van der Waals surface area (Å²) in [6.07, 6.45) is 6.38. The highest BCUT2D eigenvalue weighted by Crippen LogP contribution is 2.29. The SMILES string of the molecule is CN1CCC(N(C)C(=O)c2ccc(NC(N)=Nc3ncccc3C3=CCN(C(=O)NCc4ccccc4)CC3)cc2)CC1. The molecule has 0 bridgehead atoms. The molecule has 0 aliphatic carbocycles. The van der Waals surface area contributed by atoms with Crippen molar-refractivity contribution in [1.29, 1.82) is 0 Å². The van der Waals surface area contributed by atoms with Crippen molar-refractivity contribution < 1.29 is 9.59 Å². The van der Waals surface area contributed by atoms with E-state index >= 15 is 0 Å². The number of amides is 3. The van der Waals surface area contributed by atoms with Crippen molar-refractivity contribution in [2.45, 2.75) is 31.8 Å². The molecule has 1 aromatic heterocycles. The number of likely N-dealkylation sites (tertiary alicyclic amines) is 1. The third-order valence-electron chi connectivity index (χ3n) is 8.10. The van der Waals surface area contributed by atoms with Gasteiger partial charge in [-0.2, -0.15) is 4.99 Å². The lowest BCUT2D eigenvalue weighted by molar-refractivity contribution is 0.0659. The molecule has 3 aromatic rings. The van der Waals surface area contributed by atoms with Crippen molar-refractivity contribution in [3.8, 4) is 0 Å². The van der Waals surface area contributed by atoms with Gasteiger partial charge in [0.05, 0.1) is 0 Å². The number of benzene rings is 2. The van der Waals surface area contributed by atoms with Gasteiger partial charge in [-0.05, 0) is 86.9 Å². The van der Waals surface area contributed by atoms with Crippen molar-refractivity contribution in [3.05, 3.63) is 95.7 Å². The van der Waals surface area contributed by atoms with Crippen LogP contribution in [0.3, 0.4) is 0 Å². The average Bonchev–Trinajstić information content (AvgIpc) is 3.04. The Morgan fingerprint density at radius 2 is 1.77 bits per heavy atom. The summed E-state index contributed by atoms with van der Waals surface area (Å²) in [5, 5.41) is 6.10. The Morgan fingerprint density at radius 3 is 2.47 bits per heavy atom. The van der Waals surface area contributed by atoms with Crippen LogP contribution in [-0.4, -0.2) is 83.9 Å². The van der Waals surface area contributed by atoms with Crippen LogP contribution in [0, 0.1) is 0 Å². The maximum absolute atomic E-state index is 13.0. The minimum Gasteiger partial charge on any atom is -0.369 e. The smallest absolute Gasteiger partial charge is 0.317 e. The summed E-state index contributed by atoms with van der Waals surface area (Å²) in [6.45, 7) is 3.60. The second-order valence-electron chi connectivity index (χ2n) is 11.1. The van der Waals surface area contributed by atoms with Crippen molar-refractivity contribution >= 4 is 35.0 Å². The Bertz CT molecular complexity index is 1460. The fourth-order valence-electron chi connectivity index (χ4n) is 5.46. The molecule has 0 saturated carbocycles. The van der Waals surface area contributed by atoms with E-state index in [1.807, 2.05) is 84.8 Å². The minimum absolute atomic E-state index is 0.0221. The quantitative estimate of drug-likeness (QED) is 0.283. The van der Waals surface area contributed by atoms with E-state index in [2.05, 4.69) is 32.6 Å². The molecular formula is C33H40N8O2. The monoisotopic (exact) mass is 580 g/mol. The zero-order valence-electron chi connectivity index (χ0n) is 24.9. The third kappa shape index (κ3) is 7.78. The number of carbonyl (C=O) groups excluding carboxylic acids is 2. The summed E-state index contributed by atoms with van der Waals surface area (Å²) in [7, 11) is 4.00. The van der Waals surface area contributed by atoms with E-state index in [9.17, 15) is 9.59 Å². The van der Waals surface area contributed by atoms with Crippen LogP contribution in [0.25, 0.3) is 5.57 Å². The number of aromatic nitrogens is 1. The van der Waals surface area contributed by atoms with Crippen LogP contribution in [0.15, 0.2) is 84.0 Å². The van der Waals surface area contributed by atoms with Gasteiger partial charge in [0.2, 0.25) is 0 Å². The van der Waals surface area contributed by atoms with E-state index in [1.165, 1.54) is 0 Å². The van der Waals surface area contributed by atoms with Gasteiger partial charge in [-0.3, -0.25) is 4.79 Å². The van der Waals surface area contributed by atoms with Gasteiger partial charge >= 0.3 is 6.03 Å². The Hall–Kier alpha value is -4.70. The number of urea groups is 1. The first-order chi connectivity index (χ1) is 20.9. The molecule has 1 saturated heterocycles. The molecular weight excluding hydrogens is 540 g/mol. The van der Waals surface area contributed by atoms with Crippen molar-refractivity contribution in [2.75, 3.05) is 45.6 Å². The molecule has 3 heterocycles. The lowest BCUT2D eigenvalue weighted by Crippen LogP contribution is -2.44. The Kier molecular flexibility index (Phi) is 9.68. The highest BCUT2D eigenvalue weighted by molar-refractivity contribution is 5.97. The van der Waals surface area contributed by atoms with E-state index in [0.29, 0.717) is 37.4 Å². The summed E-state index contributed by atoms with van der Waals surface area (Å²) in [5.74, 6) is 0.724. The third-order valence-corrected chi connectivity index (χ3v) is 8.10. The minimum atomic E-state index is -0.0850. The number of rotatable bonds is 7. The van der Waals surface area contributed by atoms with E-state index in [4.69, 9.17) is 5.73 Å². The molecule has 10 heteroatoms. The van der Waals surface area contributed by atoms with E-state index in [1.54, 1.807) is 11.1 Å². The van der Waals surface area contributed by atoms with Gasteiger partial charge in [0.15, 0.2) is 11.8 Å². The first-order valence-corrected chi connectivity index (χ1v) is 14.8. The van der Waals surface area contributed by atoms with Crippen LogP contribution >= 0.6 is 0 Å². The molecule has 0 spiro atoms. The Labute approximate surface area is 253 Å². The molecule has 4 N–H and O–H groups in total. The molecule has 2 aliphatic rings. The standard InChI is InChI=1S/C33H40N8O2/c1-39-19-16-28(17-20-39)40(2)31(42)26-10-12-27(13-11-26)37-32(34)38-30-29(9-6-18-35-30)25-14-21-41(22-15-25)33(43)36-23-24-7-4-3-5-8-24/h3-14,18,28H,15-17,19-23H2,1-2H3,(H,36,43)(H3,34,35,37,38). The topological polar surface area (TPSA) is 119 Å². The summed E-state index contributed by atoms with van der Waals surface area (Å²) in [6, 6.07) is 21.2. The van der Waals surface area contributed by atoms with Gasteiger partial charge in [-0.1, -0.05) is 36.4 Å². The van der Waals surface area contributed by atoms with Gasteiger partial charge in [0, 0.05) is 55.7 Å². The molecule has 1 fully saturated rings. The molecule has 43 heavy (non-hydrogen) atoms. The second-order valence-corrected chi connectivity index (χ2v) is 11.1. The van der Waals surface area contributed by atoms with Gasteiger partial charge < -0.3 is 31.1 Å². The zero-order chi connectivity index (χ0) is 30.2. The molecule has 2 aliphatic heterocycles. The highest BCUT2D eigenvalue weighted by Gasteiger charge is 2.25. The maximum Gasteiger partial charge on any atom is 0.317 e. The van der Waals surface area contributed by atoms with Crippen LogP contribution in [0.4, 0.5) is 16.3 Å². The first kappa shape index (κ1) is 29.8. The number of nitrogens with one attached hydrogen (secondary N) is 2. The number of aliphatic imine (C=N–C) groups is 1. The largest absolute Gasteiger partial charge is 0.369 e. The van der Waals surface area contributed by atoms with E-state index < -0.39 is 0 Å². The van der Waals surface area contributed by atoms with Crippen LogP contribution in [-0.2, 0) is 6.54 Å². The number of carbonyl (C=O) groups is 2.